The normalized spacial score (nSPS) is 33.1. The maximum Gasteiger partial charge on any atom is 0.235 e. The minimum Gasteiger partial charge on any atom is -0.507 e. The van der Waals surface area contributed by atoms with E-state index in [1.807, 2.05) is 0 Å². The van der Waals surface area contributed by atoms with Gasteiger partial charge in [0.1, 0.15) is 11.5 Å². The Bertz CT molecular complexity index is 1130. The molecule has 2 fully saturated rings. The first-order chi connectivity index (χ1) is 16.3. The van der Waals surface area contributed by atoms with Gasteiger partial charge in [0, 0.05) is 18.1 Å². The number of rotatable bonds is 2. The average molecular weight is 527 g/mol. The number of hydrogen-bond donors (Lipinski definition) is 6. The zero-order valence-electron chi connectivity index (χ0n) is 20.2. The topological polar surface area (TPSA) is 199 Å². The third-order valence-corrected chi connectivity index (χ3v) is 7.13. The molecule has 0 saturated heterocycles. The van der Waals surface area contributed by atoms with E-state index in [1.165, 1.54) is 25.1 Å². The molecule has 0 radical (unpaired) electrons. The van der Waals surface area contributed by atoms with Gasteiger partial charge < -0.3 is 31.3 Å². The van der Waals surface area contributed by atoms with Gasteiger partial charge in [-0.1, -0.05) is 19.1 Å². The first-order valence-corrected chi connectivity index (χ1v) is 11.1. The maximum absolute atomic E-state index is 13.6. The number of Topliss-reactive ketones (excluding diaryl/α,β-unsaturated/α-hetero) is 3. The van der Waals surface area contributed by atoms with Gasteiger partial charge in [-0.15, -0.1) is 12.4 Å². The number of nitrogens with two attached hydrogens (primary N) is 1. The van der Waals surface area contributed by atoms with Gasteiger partial charge in [0.2, 0.25) is 11.7 Å². The third kappa shape index (κ3) is 3.91. The Kier molecular flexibility index (Phi) is 8.39. The monoisotopic (exact) mass is 526 g/mol. The van der Waals surface area contributed by atoms with Crippen molar-refractivity contribution >= 4 is 41.4 Å². The van der Waals surface area contributed by atoms with E-state index in [0.717, 1.165) is 0 Å². The van der Waals surface area contributed by atoms with Crippen molar-refractivity contribution in [1.29, 1.82) is 0 Å². The number of phenolic OH excluding ortho intramolecular Hbond substituents is 1. The molecule has 7 unspecified atom stereocenters. The zero-order valence-corrected chi connectivity index (χ0v) is 21.0. The van der Waals surface area contributed by atoms with E-state index in [1.54, 1.807) is 26.0 Å². The maximum atomic E-state index is 13.6. The van der Waals surface area contributed by atoms with E-state index >= 15 is 0 Å². The molecule has 0 bridgehead atoms. The van der Waals surface area contributed by atoms with E-state index in [4.69, 9.17) is 10.8 Å². The summed E-state index contributed by atoms with van der Waals surface area (Å²) in [7, 11) is 2.91. The molecular weight excluding hydrogens is 496 g/mol. The van der Waals surface area contributed by atoms with Crippen molar-refractivity contribution in [2.45, 2.75) is 37.5 Å². The lowest BCUT2D eigenvalue weighted by molar-refractivity contribution is -0.187. The van der Waals surface area contributed by atoms with Gasteiger partial charge in [0.25, 0.3) is 0 Å². The number of carbonyl (C=O) groups is 4. The Hall–Kier alpha value is -2.83. The second-order valence-corrected chi connectivity index (χ2v) is 9.26. The number of fused-ring (bicyclic) bond motifs is 3. The molecular formula is C24H31ClN2O9. The SMILES string of the molecule is CC1c2cccc(O)c2C(O)=C2C(=O)C3(O)C(=O)C(C(N)=O)C(=O)C(N(C)C)C3C(O)C21.CCO.Cl. The van der Waals surface area contributed by atoms with Crippen LogP contribution < -0.4 is 5.73 Å². The number of aliphatic hydroxyl groups is 4. The number of ketones is 3. The van der Waals surface area contributed by atoms with Crippen molar-refractivity contribution in [2.75, 3.05) is 20.7 Å². The number of nitrogens with zero attached hydrogens (tertiary/aromatic N) is 1. The van der Waals surface area contributed by atoms with Crippen molar-refractivity contribution < 1.29 is 44.7 Å². The van der Waals surface area contributed by atoms with E-state index in [9.17, 15) is 39.6 Å². The molecule has 4 rings (SSSR count). The molecule has 3 aliphatic rings. The summed E-state index contributed by atoms with van der Waals surface area (Å²) in [5.41, 5.74) is 2.28. The van der Waals surface area contributed by atoms with Crippen molar-refractivity contribution in [2.24, 2.45) is 23.5 Å². The van der Waals surface area contributed by atoms with Gasteiger partial charge in [-0.2, -0.15) is 0 Å². The molecule has 2 saturated carbocycles. The average Bonchev–Trinajstić information content (AvgIpc) is 2.76. The highest BCUT2D eigenvalue weighted by Crippen LogP contribution is 2.55. The first-order valence-electron chi connectivity index (χ1n) is 11.1. The number of aromatic hydroxyl groups is 1. The summed E-state index contributed by atoms with van der Waals surface area (Å²) in [5, 5.41) is 51.6. The molecule has 1 aromatic carbocycles. The van der Waals surface area contributed by atoms with Crippen molar-refractivity contribution in [3.63, 3.8) is 0 Å². The standard InChI is InChI=1S/C22H24N2O8.C2H6O.ClH/c1-7-8-5-4-6-9(25)11(8)16(26)12-10(7)17(27)14-15(24(2)3)18(28)13(21(23)31)20(30)22(14,32)19(12)29;1-2-3;/h4-7,10,13-15,17,25-27,32H,1-3H3,(H2,23,31);3H,2H2,1H3;1H. The molecule has 7 atom stereocenters. The molecule has 0 heterocycles. The second-order valence-electron chi connectivity index (χ2n) is 9.26. The van der Waals surface area contributed by atoms with Crippen LogP contribution in [0.3, 0.4) is 0 Å². The van der Waals surface area contributed by atoms with Crippen molar-refractivity contribution in [3.8, 4) is 5.75 Å². The summed E-state index contributed by atoms with van der Waals surface area (Å²) in [6.07, 6.45) is -1.62. The summed E-state index contributed by atoms with van der Waals surface area (Å²) in [6, 6.07) is 3.11. The molecule has 1 aromatic rings. The molecule has 7 N–H and O–H groups in total. The fourth-order valence-electron chi connectivity index (χ4n) is 5.72. The molecule has 12 heteroatoms. The molecule has 36 heavy (non-hydrogen) atoms. The quantitative estimate of drug-likeness (QED) is 0.267. The van der Waals surface area contributed by atoms with Gasteiger partial charge in [0.15, 0.2) is 23.1 Å². The fraction of sp³-hybridized carbons (Fsp3) is 0.500. The molecule has 0 aromatic heterocycles. The number of hydrogen-bond acceptors (Lipinski definition) is 10. The number of primary amides is 1. The summed E-state index contributed by atoms with van der Waals surface area (Å²) in [6.45, 7) is 3.60. The van der Waals surface area contributed by atoms with Crippen LogP contribution in [0.1, 0.15) is 30.9 Å². The third-order valence-electron chi connectivity index (χ3n) is 7.13. The number of halogens is 1. The number of likely N-dealkylation sites (N-methyl/N-ethyl adjacent to an activating group) is 1. The highest BCUT2D eigenvalue weighted by molar-refractivity contribution is 6.32. The van der Waals surface area contributed by atoms with Crippen LogP contribution in [0.5, 0.6) is 5.75 Å². The van der Waals surface area contributed by atoms with Crippen LogP contribution in [0.15, 0.2) is 23.8 Å². The van der Waals surface area contributed by atoms with Crippen LogP contribution >= 0.6 is 12.4 Å². The lowest BCUT2D eigenvalue weighted by Gasteiger charge is -2.54. The van der Waals surface area contributed by atoms with Gasteiger partial charge in [-0.25, -0.2) is 0 Å². The molecule has 0 aliphatic heterocycles. The number of carbonyl (C=O) groups excluding carboxylic acids is 4. The van der Waals surface area contributed by atoms with Gasteiger partial charge >= 0.3 is 0 Å². The van der Waals surface area contributed by atoms with E-state index in [2.05, 4.69) is 0 Å². The minimum atomic E-state index is -2.97. The van der Waals surface area contributed by atoms with Crippen LogP contribution in [0.2, 0.25) is 0 Å². The first kappa shape index (κ1) is 29.4. The predicted molar refractivity (Wildman–Crippen MR) is 129 cm³/mol. The number of benzene rings is 1. The highest BCUT2D eigenvalue weighted by atomic mass is 35.5. The largest absolute Gasteiger partial charge is 0.507 e. The van der Waals surface area contributed by atoms with Crippen LogP contribution in [-0.2, 0) is 19.2 Å². The molecule has 1 amide bonds. The van der Waals surface area contributed by atoms with Crippen LogP contribution in [-0.4, -0.2) is 92.1 Å². The van der Waals surface area contributed by atoms with E-state index < -0.39 is 76.0 Å². The molecule has 0 spiro atoms. The summed E-state index contributed by atoms with van der Waals surface area (Å²) in [4.78, 5) is 53.1. The summed E-state index contributed by atoms with van der Waals surface area (Å²) >= 11 is 0. The van der Waals surface area contributed by atoms with Gasteiger partial charge in [0.05, 0.1) is 23.6 Å². The Morgan fingerprint density at radius 2 is 1.72 bits per heavy atom. The molecule has 198 valence electrons. The van der Waals surface area contributed by atoms with Gasteiger partial charge in [-0.05, 0) is 38.6 Å². The summed E-state index contributed by atoms with van der Waals surface area (Å²) in [5.74, 6) is -11.2. The minimum absolute atomic E-state index is 0. The smallest absolute Gasteiger partial charge is 0.235 e. The van der Waals surface area contributed by atoms with Crippen molar-refractivity contribution in [1.82, 2.24) is 4.90 Å². The molecule has 11 nitrogen and oxygen atoms in total. The Morgan fingerprint density at radius 1 is 1.17 bits per heavy atom. The Balaban J connectivity index is 0.00000109. The number of aliphatic hydroxyl groups excluding tert-OH is 3. The predicted octanol–water partition coefficient (Wildman–Crippen LogP) is -0.711. The zero-order chi connectivity index (χ0) is 26.6. The van der Waals surface area contributed by atoms with Crippen LogP contribution in [0, 0.1) is 17.8 Å². The van der Waals surface area contributed by atoms with E-state index in [0.29, 0.717) is 5.56 Å². The lowest BCUT2D eigenvalue weighted by Crippen LogP contribution is -2.75. The van der Waals surface area contributed by atoms with Crippen molar-refractivity contribution in [3.05, 3.63) is 34.9 Å². The van der Waals surface area contributed by atoms with Crippen LogP contribution in [0.4, 0.5) is 0 Å². The highest BCUT2D eigenvalue weighted by Gasteiger charge is 2.71. The molecule has 3 aliphatic carbocycles. The lowest BCUT2D eigenvalue weighted by atomic mass is 9.52. The van der Waals surface area contributed by atoms with E-state index in [-0.39, 0.29) is 30.3 Å². The second kappa shape index (κ2) is 10.3. The Labute approximate surface area is 213 Å². The summed E-state index contributed by atoms with van der Waals surface area (Å²) < 4.78 is 0. The Morgan fingerprint density at radius 3 is 2.22 bits per heavy atom. The number of phenols is 1. The fourth-order valence-corrected chi connectivity index (χ4v) is 5.72. The number of amides is 1. The van der Waals surface area contributed by atoms with Gasteiger partial charge in [-0.3, -0.25) is 24.1 Å². The van der Waals surface area contributed by atoms with Crippen LogP contribution in [0.25, 0.3) is 5.76 Å².